The second-order valence-corrected chi connectivity index (χ2v) is 6.30. The second kappa shape index (κ2) is 7.59. The summed E-state index contributed by atoms with van der Waals surface area (Å²) in [4.78, 5) is 15.2. The van der Waals surface area contributed by atoms with E-state index in [1.165, 1.54) is 24.6 Å². The summed E-state index contributed by atoms with van der Waals surface area (Å²) in [5.74, 6) is 2.06. The van der Waals surface area contributed by atoms with Crippen LogP contribution in [-0.2, 0) is 4.79 Å². The highest BCUT2D eigenvalue weighted by molar-refractivity contribution is 8.00. The number of benzene rings is 1. The Kier molecular flexibility index (Phi) is 5.79. The zero-order valence-corrected chi connectivity index (χ0v) is 13.7. The number of thioether (sulfide) groups is 1. The summed E-state index contributed by atoms with van der Waals surface area (Å²) in [5.41, 5.74) is 0. The Labute approximate surface area is 130 Å². The van der Waals surface area contributed by atoms with Gasteiger partial charge in [0.15, 0.2) is 11.5 Å². The van der Waals surface area contributed by atoms with Crippen LogP contribution in [0.15, 0.2) is 23.1 Å². The first-order valence-corrected chi connectivity index (χ1v) is 8.24. The number of amides is 1. The highest BCUT2D eigenvalue weighted by Gasteiger charge is 2.23. The molecule has 0 unspecified atom stereocenters. The summed E-state index contributed by atoms with van der Waals surface area (Å²) in [5, 5.41) is 0. The van der Waals surface area contributed by atoms with Gasteiger partial charge < -0.3 is 14.4 Å². The smallest absolute Gasteiger partial charge is 0.232 e. The minimum absolute atomic E-state index is 0.196. The van der Waals surface area contributed by atoms with Crippen molar-refractivity contribution in [2.45, 2.75) is 36.6 Å². The summed E-state index contributed by atoms with van der Waals surface area (Å²) in [6.07, 6.45) is 4.77. The molecule has 1 amide bonds. The maximum atomic E-state index is 12.2. The van der Waals surface area contributed by atoms with Crippen LogP contribution < -0.4 is 9.47 Å². The Hall–Kier alpha value is -1.36. The molecule has 1 aliphatic rings. The molecule has 1 aromatic rings. The van der Waals surface area contributed by atoms with E-state index >= 15 is 0 Å². The van der Waals surface area contributed by atoms with Crippen molar-refractivity contribution in [3.63, 3.8) is 0 Å². The van der Waals surface area contributed by atoms with Gasteiger partial charge >= 0.3 is 0 Å². The molecule has 116 valence electrons. The Morgan fingerprint density at radius 1 is 1.24 bits per heavy atom. The van der Waals surface area contributed by atoms with E-state index in [1.807, 2.05) is 30.1 Å². The lowest BCUT2D eigenvalue weighted by Crippen LogP contribution is -2.36. The summed E-state index contributed by atoms with van der Waals surface area (Å²) < 4.78 is 10.5. The van der Waals surface area contributed by atoms with Gasteiger partial charge in [-0.05, 0) is 31.0 Å². The largest absolute Gasteiger partial charge is 0.493 e. The van der Waals surface area contributed by atoms with Gasteiger partial charge in [-0.3, -0.25) is 4.79 Å². The lowest BCUT2D eigenvalue weighted by Gasteiger charge is -2.24. The van der Waals surface area contributed by atoms with Crippen molar-refractivity contribution in [2.75, 3.05) is 27.0 Å². The number of rotatable bonds is 6. The third-order valence-corrected chi connectivity index (χ3v) is 4.96. The molecule has 2 rings (SSSR count). The molecule has 1 fully saturated rings. The van der Waals surface area contributed by atoms with Crippen LogP contribution >= 0.6 is 11.8 Å². The molecular formula is C16H23NO3S. The summed E-state index contributed by atoms with van der Waals surface area (Å²) in [7, 11) is 5.16. The molecule has 4 nitrogen and oxygen atoms in total. The van der Waals surface area contributed by atoms with E-state index in [9.17, 15) is 4.79 Å². The van der Waals surface area contributed by atoms with Crippen LogP contribution in [0.2, 0.25) is 0 Å². The molecule has 0 aliphatic heterocycles. The van der Waals surface area contributed by atoms with Gasteiger partial charge in [0, 0.05) is 18.0 Å². The fraction of sp³-hybridized carbons (Fsp3) is 0.562. The van der Waals surface area contributed by atoms with Crippen molar-refractivity contribution in [3.8, 4) is 11.5 Å². The lowest BCUT2D eigenvalue weighted by atomic mass is 10.2. The van der Waals surface area contributed by atoms with Gasteiger partial charge in [-0.1, -0.05) is 12.8 Å². The van der Waals surface area contributed by atoms with E-state index in [1.54, 1.807) is 14.2 Å². The van der Waals surface area contributed by atoms with Crippen molar-refractivity contribution in [1.82, 2.24) is 4.90 Å². The van der Waals surface area contributed by atoms with E-state index in [-0.39, 0.29) is 5.91 Å². The third kappa shape index (κ3) is 4.06. The first-order chi connectivity index (χ1) is 10.2. The predicted octanol–water partition coefficient (Wildman–Crippen LogP) is 3.20. The summed E-state index contributed by atoms with van der Waals surface area (Å²) >= 11 is 1.54. The number of carbonyl (C=O) groups is 1. The van der Waals surface area contributed by atoms with Gasteiger partial charge in [-0.2, -0.15) is 0 Å². The molecule has 0 saturated heterocycles. The van der Waals surface area contributed by atoms with Crippen LogP contribution in [0, 0.1) is 0 Å². The average molecular weight is 309 g/mol. The number of ether oxygens (including phenoxy) is 2. The average Bonchev–Trinajstić information content (AvgIpc) is 3.05. The van der Waals surface area contributed by atoms with Gasteiger partial charge in [0.2, 0.25) is 5.91 Å². The zero-order chi connectivity index (χ0) is 15.2. The van der Waals surface area contributed by atoms with E-state index in [0.29, 0.717) is 23.3 Å². The highest BCUT2D eigenvalue weighted by Crippen LogP contribution is 2.32. The van der Waals surface area contributed by atoms with Crippen LogP contribution in [0.5, 0.6) is 11.5 Å². The first-order valence-electron chi connectivity index (χ1n) is 7.26. The maximum Gasteiger partial charge on any atom is 0.232 e. The molecule has 0 radical (unpaired) electrons. The number of methoxy groups -OCH3 is 2. The predicted molar refractivity (Wildman–Crippen MR) is 85.3 cm³/mol. The van der Waals surface area contributed by atoms with Crippen molar-refractivity contribution in [3.05, 3.63) is 18.2 Å². The fourth-order valence-electron chi connectivity index (χ4n) is 2.65. The van der Waals surface area contributed by atoms with Gasteiger partial charge in [-0.15, -0.1) is 11.8 Å². The summed E-state index contributed by atoms with van der Waals surface area (Å²) in [6, 6.07) is 6.16. The Bertz CT molecular complexity index is 486. The Balaban J connectivity index is 1.91. The van der Waals surface area contributed by atoms with Crippen LogP contribution in [0.4, 0.5) is 0 Å². The summed E-state index contributed by atoms with van der Waals surface area (Å²) in [6.45, 7) is 0. The molecule has 0 bridgehead atoms. The van der Waals surface area contributed by atoms with Crippen molar-refractivity contribution < 1.29 is 14.3 Å². The Morgan fingerprint density at radius 2 is 1.90 bits per heavy atom. The lowest BCUT2D eigenvalue weighted by molar-refractivity contribution is -0.129. The molecular weight excluding hydrogens is 286 g/mol. The van der Waals surface area contributed by atoms with Crippen molar-refractivity contribution in [2.24, 2.45) is 0 Å². The van der Waals surface area contributed by atoms with E-state index in [0.717, 1.165) is 17.7 Å². The molecule has 0 atom stereocenters. The van der Waals surface area contributed by atoms with Crippen LogP contribution in [0.3, 0.4) is 0 Å². The SMILES string of the molecule is COc1ccc(SCC(=O)N(C)C2CCCC2)cc1OC. The minimum atomic E-state index is 0.196. The zero-order valence-electron chi connectivity index (χ0n) is 12.9. The topological polar surface area (TPSA) is 38.8 Å². The molecule has 0 heterocycles. The number of nitrogens with zero attached hydrogens (tertiary/aromatic N) is 1. The van der Waals surface area contributed by atoms with Crippen molar-refractivity contribution >= 4 is 17.7 Å². The van der Waals surface area contributed by atoms with Gasteiger partial charge in [-0.25, -0.2) is 0 Å². The van der Waals surface area contributed by atoms with Gasteiger partial charge in [0.05, 0.1) is 20.0 Å². The molecule has 1 aliphatic carbocycles. The normalized spacial score (nSPS) is 15.0. The molecule has 0 N–H and O–H groups in total. The minimum Gasteiger partial charge on any atom is -0.493 e. The van der Waals surface area contributed by atoms with E-state index in [4.69, 9.17) is 9.47 Å². The fourth-order valence-corrected chi connectivity index (χ4v) is 3.50. The molecule has 0 spiro atoms. The maximum absolute atomic E-state index is 12.2. The molecule has 1 aromatic carbocycles. The molecule has 5 heteroatoms. The van der Waals surface area contributed by atoms with Crippen LogP contribution in [0.1, 0.15) is 25.7 Å². The second-order valence-electron chi connectivity index (χ2n) is 5.25. The number of carbonyl (C=O) groups excluding carboxylic acids is 1. The van der Waals surface area contributed by atoms with Crippen molar-refractivity contribution in [1.29, 1.82) is 0 Å². The first kappa shape index (κ1) is 16.0. The standard InChI is InChI=1S/C16H23NO3S/c1-17(12-6-4-5-7-12)16(18)11-21-13-8-9-14(19-2)15(10-13)20-3/h8-10,12H,4-7,11H2,1-3H3. The van der Waals surface area contributed by atoms with E-state index in [2.05, 4.69) is 0 Å². The van der Waals surface area contributed by atoms with Gasteiger partial charge in [0.25, 0.3) is 0 Å². The number of hydrogen-bond acceptors (Lipinski definition) is 4. The highest BCUT2D eigenvalue weighted by atomic mass is 32.2. The molecule has 0 aromatic heterocycles. The number of hydrogen-bond donors (Lipinski definition) is 0. The van der Waals surface area contributed by atoms with Crippen LogP contribution in [0.25, 0.3) is 0 Å². The van der Waals surface area contributed by atoms with Crippen LogP contribution in [-0.4, -0.2) is 43.9 Å². The molecule has 21 heavy (non-hydrogen) atoms. The third-order valence-electron chi connectivity index (χ3n) is 3.98. The Morgan fingerprint density at radius 3 is 2.52 bits per heavy atom. The van der Waals surface area contributed by atoms with Gasteiger partial charge in [0.1, 0.15) is 0 Å². The molecule has 1 saturated carbocycles. The quantitative estimate of drug-likeness (QED) is 0.757. The monoisotopic (exact) mass is 309 g/mol. The van der Waals surface area contributed by atoms with E-state index < -0.39 is 0 Å².